The van der Waals surface area contributed by atoms with E-state index in [0.717, 1.165) is 0 Å². The first-order valence-corrected chi connectivity index (χ1v) is 11.1. The lowest BCUT2D eigenvalue weighted by molar-refractivity contribution is 0.291. The van der Waals surface area contributed by atoms with E-state index in [-0.39, 0.29) is 5.41 Å². The average molecular weight is 373 g/mol. The van der Waals surface area contributed by atoms with Gasteiger partial charge in [-0.3, -0.25) is 0 Å². The molecule has 0 atom stereocenters. The second kappa shape index (κ2) is 14.7. The van der Waals surface area contributed by atoms with E-state index in [0.29, 0.717) is 0 Å². The number of rotatable bonds is 5. The standard InChI is InChI=1S/C23H36.2C2H6/c1-9-14-20(8)22(18(5)6)23(15-12-11-13-16-23)21(17(3)4)19(7)10-2;2*1-2/h9-10,14H,1,11-13,15-16H2,2-8H3;2*1-2H3/b19-10-,20-14-;;. The maximum absolute atomic E-state index is 3.92. The Hall–Kier alpha value is -1.30. The zero-order valence-electron chi connectivity index (χ0n) is 20.5. The zero-order valence-corrected chi connectivity index (χ0v) is 20.5. The number of hydrogen-bond donors (Lipinski definition) is 0. The minimum absolute atomic E-state index is 0.177. The first-order valence-electron chi connectivity index (χ1n) is 11.1. The van der Waals surface area contributed by atoms with Crippen LogP contribution in [0.2, 0.25) is 0 Å². The van der Waals surface area contributed by atoms with Crippen molar-refractivity contribution in [2.24, 2.45) is 5.41 Å². The van der Waals surface area contributed by atoms with Crippen LogP contribution >= 0.6 is 0 Å². The van der Waals surface area contributed by atoms with Gasteiger partial charge in [0.25, 0.3) is 0 Å². The van der Waals surface area contributed by atoms with Gasteiger partial charge in [-0.15, -0.1) is 0 Å². The summed E-state index contributed by atoms with van der Waals surface area (Å²) >= 11 is 0. The normalized spacial score (nSPS) is 16.1. The highest BCUT2D eigenvalue weighted by atomic mass is 14.4. The van der Waals surface area contributed by atoms with Crippen LogP contribution in [0.1, 0.15) is 108 Å². The van der Waals surface area contributed by atoms with Crippen LogP contribution in [0.25, 0.3) is 0 Å². The molecule has 0 aromatic rings. The van der Waals surface area contributed by atoms with E-state index >= 15 is 0 Å². The minimum atomic E-state index is 0.177. The Balaban J connectivity index is 0. The van der Waals surface area contributed by atoms with E-state index in [2.05, 4.69) is 67.2 Å². The molecule has 0 radical (unpaired) electrons. The lowest BCUT2D eigenvalue weighted by Gasteiger charge is -2.44. The van der Waals surface area contributed by atoms with E-state index < -0.39 is 0 Å². The molecule has 0 spiro atoms. The fourth-order valence-corrected chi connectivity index (χ4v) is 4.69. The van der Waals surface area contributed by atoms with E-state index in [1.54, 1.807) is 11.1 Å². The smallest absolute Gasteiger partial charge is 0.0206 e. The van der Waals surface area contributed by atoms with Crippen LogP contribution in [0.15, 0.2) is 58.2 Å². The predicted molar refractivity (Wildman–Crippen MR) is 128 cm³/mol. The molecule has 1 saturated carbocycles. The van der Waals surface area contributed by atoms with Gasteiger partial charge in [-0.25, -0.2) is 0 Å². The maximum atomic E-state index is 3.92. The van der Waals surface area contributed by atoms with Crippen LogP contribution in [0.4, 0.5) is 0 Å². The Morgan fingerprint density at radius 2 is 1.11 bits per heavy atom. The predicted octanol–water partition coefficient (Wildman–Crippen LogP) is 9.76. The highest BCUT2D eigenvalue weighted by molar-refractivity contribution is 5.52. The lowest BCUT2D eigenvalue weighted by atomic mass is 9.59. The van der Waals surface area contributed by atoms with Crippen molar-refractivity contribution >= 4 is 0 Å². The fourth-order valence-electron chi connectivity index (χ4n) is 4.69. The molecule has 0 N–H and O–H groups in total. The molecule has 0 heteroatoms. The Morgan fingerprint density at radius 3 is 1.44 bits per heavy atom. The summed E-state index contributed by atoms with van der Waals surface area (Å²) in [6.45, 7) is 27.8. The van der Waals surface area contributed by atoms with Gasteiger partial charge in [0.15, 0.2) is 0 Å². The molecule has 27 heavy (non-hydrogen) atoms. The average Bonchev–Trinajstić information content (AvgIpc) is 2.65. The third-order valence-corrected chi connectivity index (χ3v) is 5.25. The SMILES string of the molecule is C=C/C=C(/C)C(=C(C)C)C1(C(=C(C)C)/C(C)=C\C)CCCCC1.CC.CC. The summed E-state index contributed by atoms with van der Waals surface area (Å²) in [5.41, 5.74) is 9.04. The monoisotopic (exact) mass is 372 g/mol. The molecule has 0 aromatic carbocycles. The van der Waals surface area contributed by atoms with Crippen LogP contribution in [0, 0.1) is 5.41 Å². The largest absolute Gasteiger partial charge is 0.0991 e. The summed E-state index contributed by atoms with van der Waals surface area (Å²) in [4.78, 5) is 0. The first kappa shape index (κ1) is 27.9. The molecule has 1 aliphatic rings. The molecule has 0 amide bonds. The zero-order chi connectivity index (χ0) is 21.6. The molecule has 0 aromatic heterocycles. The first-order chi connectivity index (χ1) is 12.8. The topological polar surface area (TPSA) is 0 Å². The van der Waals surface area contributed by atoms with E-state index in [1.165, 1.54) is 54.4 Å². The molecule has 0 aliphatic heterocycles. The Kier molecular flexibility index (Phi) is 15.2. The van der Waals surface area contributed by atoms with E-state index in [4.69, 9.17) is 0 Å². The van der Waals surface area contributed by atoms with Gasteiger partial charge in [0.1, 0.15) is 0 Å². The van der Waals surface area contributed by atoms with Crippen molar-refractivity contribution in [1.82, 2.24) is 0 Å². The van der Waals surface area contributed by atoms with Crippen LogP contribution < -0.4 is 0 Å². The van der Waals surface area contributed by atoms with Gasteiger partial charge in [-0.05, 0) is 78.0 Å². The molecule has 0 bridgehead atoms. The van der Waals surface area contributed by atoms with Crippen molar-refractivity contribution in [3.05, 3.63) is 58.2 Å². The molecule has 0 heterocycles. The van der Waals surface area contributed by atoms with Crippen LogP contribution in [-0.2, 0) is 0 Å². The summed E-state index contributed by atoms with van der Waals surface area (Å²) in [7, 11) is 0. The number of allylic oxidation sites excluding steroid dienone is 9. The van der Waals surface area contributed by atoms with E-state index in [1.807, 2.05) is 33.8 Å². The lowest BCUT2D eigenvalue weighted by Crippen LogP contribution is -2.31. The molecule has 0 unspecified atom stereocenters. The van der Waals surface area contributed by atoms with Crippen molar-refractivity contribution in [3.8, 4) is 0 Å². The van der Waals surface area contributed by atoms with Gasteiger partial charge < -0.3 is 0 Å². The molecule has 1 fully saturated rings. The fraction of sp³-hybridized carbons (Fsp3) is 0.630. The van der Waals surface area contributed by atoms with Crippen molar-refractivity contribution < 1.29 is 0 Å². The number of hydrogen-bond acceptors (Lipinski definition) is 0. The highest BCUT2D eigenvalue weighted by Gasteiger charge is 2.41. The Bertz CT molecular complexity index is 547. The molecule has 0 nitrogen and oxygen atoms in total. The molecule has 1 rings (SSSR count). The second-order valence-electron chi connectivity index (χ2n) is 7.45. The van der Waals surface area contributed by atoms with Gasteiger partial charge in [-0.1, -0.05) is 88.5 Å². The van der Waals surface area contributed by atoms with Gasteiger partial charge in [0.05, 0.1) is 0 Å². The molecular weight excluding hydrogens is 324 g/mol. The molecule has 156 valence electrons. The Labute approximate surface area is 172 Å². The summed E-state index contributed by atoms with van der Waals surface area (Å²) < 4.78 is 0. The van der Waals surface area contributed by atoms with E-state index in [9.17, 15) is 0 Å². The summed E-state index contributed by atoms with van der Waals surface area (Å²) in [5.74, 6) is 0. The van der Waals surface area contributed by atoms with Gasteiger partial charge >= 0.3 is 0 Å². The second-order valence-corrected chi connectivity index (χ2v) is 7.45. The quantitative estimate of drug-likeness (QED) is 0.421. The van der Waals surface area contributed by atoms with Gasteiger partial charge in [0.2, 0.25) is 0 Å². The molecule has 1 aliphatic carbocycles. The van der Waals surface area contributed by atoms with Crippen molar-refractivity contribution in [1.29, 1.82) is 0 Å². The third-order valence-electron chi connectivity index (χ3n) is 5.25. The molecule has 0 saturated heterocycles. The summed E-state index contributed by atoms with van der Waals surface area (Å²) in [6.07, 6.45) is 13.0. The van der Waals surface area contributed by atoms with Gasteiger partial charge in [-0.2, -0.15) is 0 Å². The maximum Gasteiger partial charge on any atom is 0.0206 e. The Morgan fingerprint density at radius 1 is 0.704 bits per heavy atom. The summed E-state index contributed by atoms with van der Waals surface area (Å²) in [5, 5.41) is 0. The van der Waals surface area contributed by atoms with Crippen LogP contribution in [0.3, 0.4) is 0 Å². The van der Waals surface area contributed by atoms with Crippen LogP contribution in [0.5, 0.6) is 0 Å². The van der Waals surface area contributed by atoms with Crippen molar-refractivity contribution in [2.45, 2.75) is 108 Å². The minimum Gasteiger partial charge on any atom is -0.0991 e. The summed E-state index contributed by atoms with van der Waals surface area (Å²) in [6, 6.07) is 0. The van der Waals surface area contributed by atoms with Crippen molar-refractivity contribution in [3.63, 3.8) is 0 Å². The van der Waals surface area contributed by atoms with Gasteiger partial charge in [0, 0.05) is 5.41 Å². The van der Waals surface area contributed by atoms with Crippen molar-refractivity contribution in [2.75, 3.05) is 0 Å². The highest BCUT2D eigenvalue weighted by Crippen LogP contribution is 2.54. The van der Waals surface area contributed by atoms with Crippen LogP contribution in [-0.4, -0.2) is 0 Å². The molecular formula is C27H48. The third kappa shape index (κ3) is 7.32.